The number of amides is 1. The van der Waals surface area contributed by atoms with Crippen LogP contribution in [0.25, 0.3) is 10.2 Å². The molecular formula is C19H16ClN5O4S. The predicted octanol–water partition coefficient (Wildman–Crippen LogP) is 2.23. The van der Waals surface area contributed by atoms with Crippen LogP contribution in [0.5, 0.6) is 0 Å². The number of nitrogens with zero attached hydrogens (tertiary/aromatic N) is 4. The summed E-state index contributed by atoms with van der Waals surface area (Å²) in [5, 5.41) is 15.1. The van der Waals surface area contributed by atoms with E-state index in [9.17, 15) is 14.7 Å². The zero-order valence-corrected chi connectivity index (χ0v) is 17.3. The highest BCUT2D eigenvalue weighted by atomic mass is 35.5. The van der Waals surface area contributed by atoms with Gasteiger partial charge in [0, 0.05) is 11.4 Å². The fourth-order valence-corrected chi connectivity index (χ4v) is 4.18. The molecule has 0 bridgehead atoms. The standard InChI is InChI=1S/C19H16ClN5O4S/c1-9-15-18(30-16(9)17(21)27)22-8-25(19(15)28)7-14-23-13(24-29-14)6-12(26)10-2-4-11(20)5-3-10/h2-5,8,12,26H,6-7H2,1H3,(H2,21,27). The lowest BCUT2D eigenvalue weighted by atomic mass is 10.1. The van der Waals surface area contributed by atoms with Gasteiger partial charge in [0.15, 0.2) is 5.82 Å². The van der Waals surface area contributed by atoms with Crippen molar-refractivity contribution in [2.75, 3.05) is 0 Å². The first kappa shape index (κ1) is 20.2. The number of aliphatic hydroxyl groups excluding tert-OH is 1. The molecule has 0 spiro atoms. The van der Waals surface area contributed by atoms with Crippen molar-refractivity contribution < 1.29 is 14.4 Å². The summed E-state index contributed by atoms with van der Waals surface area (Å²) in [6.07, 6.45) is 0.676. The van der Waals surface area contributed by atoms with Gasteiger partial charge < -0.3 is 15.4 Å². The third kappa shape index (κ3) is 3.84. The Morgan fingerprint density at radius 2 is 2.10 bits per heavy atom. The Labute approximate surface area is 178 Å². The van der Waals surface area contributed by atoms with E-state index in [-0.39, 0.29) is 24.4 Å². The van der Waals surface area contributed by atoms with Gasteiger partial charge in [0.25, 0.3) is 11.5 Å². The van der Waals surface area contributed by atoms with E-state index in [1.54, 1.807) is 31.2 Å². The second kappa shape index (κ2) is 7.98. The monoisotopic (exact) mass is 445 g/mol. The molecule has 154 valence electrons. The van der Waals surface area contributed by atoms with Gasteiger partial charge in [-0.15, -0.1) is 11.3 Å². The third-order valence-electron chi connectivity index (χ3n) is 4.59. The average Bonchev–Trinajstić information content (AvgIpc) is 3.29. The van der Waals surface area contributed by atoms with Gasteiger partial charge in [-0.3, -0.25) is 14.2 Å². The van der Waals surface area contributed by atoms with Gasteiger partial charge in [0.05, 0.1) is 22.7 Å². The molecule has 0 saturated carbocycles. The number of aliphatic hydroxyl groups is 1. The molecule has 3 heterocycles. The smallest absolute Gasteiger partial charge is 0.262 e. The van der Waals surface area contributed by atoms with E-state index < -0.39 is 12.0 Å². The number of hydrogen-bond donors (Lipinski definition) is 2. The summed E-state index contributed by atoms with van der Waals surface area (Å²) in [7, 11) is 0. The van der Waals surface area contributed by atoms with E-state index in [0.717, 1.165) is 11.3 Å². The maximum Gasteiger partial charge on any atom is 0.262 e. The fourth-order valence-electron chi connectivity index (χ4n) is 3.07. The summed E-state index contributed by atoms with van der Waals surface area (Å²) in [5.41, 5.74) is 6.21. The van der Waals surface area contributed by atoms with Gasteiger partial charge in [0.2, 0.25) is 5.89 Å². The van der Waals surface area contributed by atoms with Crippen molar-refractivity contribution in [2.24, 2.45) is 5.73 Å². The number of carbonyl (C=O) groups is 1. The summed E-state index contributed by atoms with van der Waals surface area (Å²) < 4.78 is 6.53. The van der Waals surface area contributed by atoms with Crippen LogP contribution < -0.4 is 11.3 Å². The largest absolute Gasteiger partial charge is 0.388 e. The fraction of sp³-hybridized carbons (Fsp3) is 0.211. The van der Waals surface area contributed by atoms with Gasteiger partial charge in [-0.2, -0.15) is 4.98 Å². The molecule has 1 atom stereocenters. The number of hydrogen-bond acceptors (Lipinski definition) is 8. The SMILES string of the molecule is Cc1c(C(N)=O)sc2ncn(Cc3nc(CC(O)c4ccc(Cl)cc4)no3)c(=O)c12. The number of fused-ring (bicyclic) bond motifs is 1. The number of halogens is 1. The van der Waals surface area contributed by atoms with E-state index in [1.807, 2.05) is 0 Å². The van der Waals surface area contributed by atoms with Gasteiger partial charge in [0.1, 0.15) is 11.4 Å². The van der Waals surface area contributed by atoms with Crippen molar-refractivity contribution in [1.29, 1.82) is 0 Å². The minimum atomic E-state index is -0.825. The number of aromatic nitrogens is 4. The number of rotatable bonds is 6. The maximum atomic E-state index is 12.8. The Morgan fingerprint density at radius 3 is 2.80 bits per heavy atom. The molecule has 30 heavy (non-hydrogen) atoms. The molecule has 0 aliphatic heterocycles. The van der Waals surface area contributed by atoms with Crippen molar-refractivity contribution in [3.8, 4) is 0 Å². The lowest BCUT2D eigenvalue weighted by Gasteiger charge is -2.08. The first-order valence-corrected chi connectivity index (χ1v) is 10.1. The van der Waals surface area contributed by atoms with Crippen LogP contribution in [-0.2, 0) is 13.0 Å². The lowest BCUT2D eigenvalue weighted by Crippen LogP contribution is -2.21. The zero-order chi connectivity index (χ0) is 21.4. The molecule has 0 aliphatic rings. The van der Waals surface area contributed by atoms with Crippen LogP contribution in [0.3, 0.4) is 0 Å². The number of carbonyl (C=O) groups excluding carboxylic acids is 1. The van der Waals surface area contributed by atoms with Crippen LogP contribution >= 0.6 is 22.9 Å². The molecule has 0 fully saturated rings. The number of benzene rings is 1. The highest BCUT2D eigenvalue weighted by Gasteiger charge is 2.19. The minimum absolute atomic E-state index is 0.00695. The highest BCUT2D eigenvalue weighted by Crippen LogP contribution is 2.26. The Bertz CT molecular complexity index is 1290. The van der Waals surface area contributed by atoms with Crippen LogP contribution in [0.1, 0.15) is 38.6 Å². The quantitative estimate of drug-likeness (QED) is 0.464. The van der Waals surface area contributed by atoms with E-state index in [4.69, 9.17) is 21.9 Å². The Hall–Kier alpha value is -3.08. The van der Waals surface area contributed by atoms with Crippen molar-refractivity contribution in [3.05, 3.63) is 73.7 Å². The van der Waals surface area contributed by atoms with Crippen LogP contribution in [0, 0.1) is 6.92 Å². The predicted molar refractivity (Wildman–Crippen MR) is 111 cm³/mol. The van der Waals surface area contributed by atoms with Gasteiger partial charge in [-0.1, -0.05) is 28.9 Å². The van der Waals surface area contributed by atoms with Crippen LogP contribution in [-0.4, -0.2) is 30.7 Å². The van der Waals surface area contributed by atoms with E-state index in [2.05, 4.69) is 15.1 Å². The van der Waals surface area contributed by atoms with Crippen molar-refractivity contribution in [3.63, 3.8) is 0 Å². The first-order valence-electron chi connectivity index (χ1n) is 8.87. The molecule has 1 aromatic carbocycles. The molecular weight excluding hydrogens is 430 g/mol. The van der Waals surface area contributed by atoms with E-state index in [0.29, 0.717) is 37.1 Å². The molecule has 4 aromatic rings. The van der Waals surface area contributed by atoms with Crippen molar-refractivity contribution >= 4 is 39.1 Å². The molecule has 1 amide bonds. The molecule has 3 aromatic heterocycles. The highest BCUT2D eigenvalue weighted by molar-refractivity contribution is 7.20. The van der Waals surface area contributed by atoms with Gasteiger partial charge >= 0.3 is 0 Å². The molecule has 1 unspecified atom stereocenters. The number of aryl methyl sites for hydroxylation is 1. The Kier molecular flexibility index (Phi) is 5.37. The Balaban J connectivity index is 1.55. The number of nitrogens with two attached hydrogens (primary N) is 1. The summed E-state index contributed by atoms with van der Waals surface area (Å²) in [6.45, 7) is 1.67. The van der Waals surface area contributed by atoms with Crippen LogP contribution in [0.4, 0.5) is 0 Å². The molecule has 0 radical (unpaired) electrons. The second-order valence-electron chi connectivity index (χ2n) is 6.65. The topological polar surface area (TPSA) is 137 Å². The van der Waals surface area contributed by atoms with Gasteiger partial charge in [-0.25, -0.2) is 4.98 Å². The molecule has 4 rings (SSSR count). The molecule has 11 heteroatoms. The lowest BCUT2D eigenvalue weighted by molar-refractivity contribution is 0.100. The van der Waals surface area contributed by atoms with Crippen LogP contribution in [0.15, 0.2) is 39.9 Å². The summed E-state index contributed by atoms with van der Waals surface area (Å²) in [6, 6.07) is 6.82. The number of thiophene rings is 1. The normalized spacial score (nSPS) is 12.4. The maximum absolute atomic E-state index is 12.8. The second-order valence-corrected chi connectivity index (χ2v) is 8.09. The molecule has 0 aliphatic carbocycles. The molecule has 9 nitrogen and oxygen atoms in total. The molecule has 3 N–H and O–H groups in total. The molecule has 0 saturated heterocycles. The van der Waals surface area contributed by atoms with E-state index in [1.165, 1.54) is 10.9 Å². The van der Waals surface area contributed by atoms with Crippen molar-refractivity contribution in [1.82, 2.24) is 19.7 Å². The van der Waals surface area contributed by atoms with Crippen LogP contribution in [0.2, 0.25) is 5.02 Å². The van der Waals surface area contributed by atoms with Gasteiger partial charge in [-0.05, 0) is 30.2 Å². The van der Waals surface area contributed by atoms with Crippen molar-refractivity contribution in [2.45, 2.75) is 26.0 Å². The summed E-state index contributed by atoms with van der Waals surface area (Å²) in [4.78, 5) is 33.6. The third-order valence-corrected chi connectivity index (χ3v) is 6.05. The summed E-state index contributed by atoms with van der Waals surface area (Å²) >= 11 is 6.94. The zero-order valence-electron chi connectivity index (χ0n) is 15.7. The Morgan fingerprint density at radius 1 is 1.37 bits per heavy atom. The average molecular weight is 446 g/mol. The summed E-state index contributed by atoms with van der Waals surface area (Å²) in [5.74, 6) is -0.0981. The first-order chi connectivity index (χ1) is 14.3. The van der Waals surface area contributed by atoms with E-state index >= 15 is 0 Å². The minimum Gasteiger partial charge on any atom is -0.388 e. The number of primary amides is 1.